The molecule has 2 atom stereocenters. The van der Waals surface area contributed by atoms with Crippen LogP contribution in [0.25, 0.3) is 0 Å². The highest BCUT2D eigenvalue weighted by molar-refractivity contribution is 5.25. The van der Waals surface area contributed by atoms with Crippen molar-refractivity contribution in [1.29, 1.82) is 0 Å². The number of benzene rings is 1. The maximum Gasteiger partial charge on any atom is 0.0746 e. The lowest BCUT2D eigenvalue weighted by Crippen LogP contribution is -2.50. The molecule has 1 aromatic carbocycles. The number of aliphatic hydroxyl groups excluding tert-OH is 1. The lowest BCUT2D eigenvalue weighted by atomic mass is 9.72. The van der Waals surface area contributed by atoms with Gasteiger partial charge in [0.25, 0.3) is 0 Å². The molecule has 1 aromatic rings. The molecule has 106 valence electrons. The molecule has 0 aromatic heterocycles. The molecule has 1 aliphatic rings. The van der Waals surface area contributed by atoms with Gasteiger partial charge in [0.15, 0.2) is 0 Å². The van der Waals surface area contributed by atoms with Crippen molar-refractivity contribution in [2.45, 2.75) is 58.7 Å². The number of aliphatic hydroxyl groups is 1. The third kappa shape index (κ3) is 3.18. The fourth-order valence-electron chi connectivity index (χ4n) is 3.23. The first-order chi connectivity index (χ1) is 8.92. The summed E-state index contributed by atoms with van der Waals surface area (Å²) in [6.07, 6.45) is 3.22. The first-order valence-electron chi connectivity index (χ1n) is 7.34. The fourth-order valence-corrected chi connectivity index (χ4v) is 3.23. The standard InChI is InChI=1S/C17H27NO/c1-13-8-5-6-9-14(13)12-18(4)15-10-7-11-17(2,3)16(15)19/h5-6,8-9,15-16,19H,7,10-12H2,1-4H3. The van der Waals surface area contributed by atoms with Crippen LogP contribution in [0, 0.1) is 12.3 Å². The molecule has 2 unspecified atom stereocenters. The van der Waals surface area contributed by atoms with E-state index in [-0.39, 0.29) is 17.6 Å². The molecule has 1 N–H and O–H groups in total. The Kier molecular flexibility index (Phi) is 4.32. The molecule has 0 amide bonds. The first kappa shape index (κ1) is 14.5. The van der Waals surface area contributed by atoms with Gasteiger partial charge in [0.1, 0.15) is 0 Å². The van der Waals surface area contributed by atoms with Crippen LogP contribution in [-0.4, -0.2) is 29.2 Å². The highest BCUT2D eigenvalue weighted by atomic mass is 16.3. The van der Waals surface area contributed by atoms with Gasteiger partial charge in [-0.05, 0) is 43.4 Å². The topological polar surface area (TPSA) is 23.5 Å². The van der Waals surface area contributed by atoms with E-state index >= 15 is 0 Å². The molecule has 0 radical (unpaired) electrons. The molecular formula is C17H27NO. The summed E-state index contributed by atoms with van der Waals surface area (Å²) < 4.78 is 0. The minimum absolute atomic E-state index is 0.0446. The largest absolute Gasteiger partial charge is 0.391 e. The van der Waals surface area contributed by atoms with E-state index in [9.17, 15) is 5.11 Å². The number of nitrogens with zero attached hydrogens (tertiary/aromatic N) is 1. The predicted molar refractivity (Wildman–Crippen MR) is 80.1 cm³/mol. The van der Waals surface area contributed by atoms with Crippen molar-refractivity contribution in [2.24, 2.45) is 5.41 Å². The Balaban J connectivity index is 2.07. The third-order valence-electron chi connectivity index (χ3n) is 4.73. The van der Waals surface area contributed by atoms with Gasteiger partial charge < -0.3 is 5.11 Å². The molecule has 1 saturated carbocycles. The van der Waals surface area contributed by atoms with Gasteiger partial charge in [-0.2, -0.15) is 0 Å². The number of aryl methyl sites for hydroxylation is 1. The van der Waals surface area contributed by atoms with Crippen molar-refractivity contribution in [3.63, 3.8) is 0 Å². The molecule has 2 nitrogen and oxygen atoms in total. The summed E-state index contributed by atoms with van der Waals surface area (Å²) in [6, 6.07) is 8.80. The van der Waals surface area contributed by atoms with E-state index in [4.69, 9.17) is 0 Å². The molecule has 2 rings (SSSR count). The summed E-state index contributed by atoms with van der Waals surface area (Å²) in [6.45, 7) is 7.45. The van der Waals surface area contributed by atoms with Crippen LogP contribution in [0.3, 0.4) is 0 Å². The van der Waals surface area contributed by atoms with Crippen molar-refractivity contribution in [1.82, 2.24) is 4.90 Å². The van der Waals surface area contributed by atoms with Crippen LogP contribution in [0.2, 0.25) is 0 Å². The Labute approximate surface area is 117 Å². The Morgan fingerprint density at radius 2 is 2.00 bits per heavy atom. The summed E-state index contributed by atoms with van der Waals surface area (Å²) in [5, 5.41) is 10.6. The Hall–Kier alpha value is -0.860. The van der Waals surface area contributed by atoms with Gasteiger partial charge in [-0.15, -0.1) is 0 Å². The van der Waals surface area contributed by atoms with Gasteiger partial charge in [0.05, 0.1) is 6.10 Å². The minimum Gasteiger partial charge on any atom is -0.391 e. The SMILES string of the molecule is Cc1ccccc1CN(C)C1CCCC(C)(C)C1O. The van der Waals surface area contributed by atoms with Crippen LogP contribution in [0.15, 0.2) is 24.3 Å². The van der Waals surface area contributed by atoms with Gasteiger partial charge in [0, 0.05) is 12.6 Å². The lowest BCUT2D eigenvalue weighted by molar-refractivity contribution is -0.0524. The van der Waals surface area contributed by atoms with Crippen LogP contribution in [0.4, 0.5) is 0 Å². The summed E-state index contributed by atoms with van der Waals surface area (Å²) >= 11 is 0. The normalized spacial score (nSPS) is 26.6. The van der Waals surface area contributed by atoms with E-state index in [1.54, 1.807) is 0 Å². The van der Waals surface area contributed by atoms with Gasteiger partial charge in [0.2, 0.25) is 0 Å². The maximum atomic E-state index is 10.6. The zero-order chi connectivity index (χ0) is 14.0. The predicted octanol–water partition coefficient (Wildman–Crippen LogP) is 3.37. The second-order valence-corrected chi connectivity index (χ2v) is 6.73. The van der Waals surface area contributed by atoms with Gasteiger partial charge in [-0.3, -0.25) is 4.90 Å². The van der Waals surface area contributed by atoms with E-state index in [2.05, 4.69) is 57.0 Å². The summed E-state index contributed by atoms with van der Waals surface area (Å²) in [5.74, 6) is 0. The number of hydrogen-bond acceptors (Lipinski definition) is 2. The second-order valence-electron chi connectivity index (χ2n) is 6.73. The second kappa shape index (κ2) is 5.64. The number of likely N-dealkylation sites (N-methyl/N-ethyl adjacent to an activating group) is 1. The van der Waals surface area contributed by atoms with E-state index < -0.39 is 0 Å². The number of hydrogen-bond donors (Lipinski definition) is 1. The van der Waals surface area contributed by atoms with E-state index in [0.29, 0.717) is 0 Å². The highest BCUT2D eigenvalue weighted by Gasteiger charge is 2.39. The maximum absolute atomic E-state index is 10.6. The molecule has 1 aliphatic carbocycles. The van der Waals surface area contributed by atoms with Crippen LogP contribution in [-0.2, 0) is 6.54 Å². The van der Waals surface area contributed by atoms with Gasteiger partial charge >= 0.3 is 0 Å². The van der Waals surface area contributed by atoms with Crippen molar-refractivity contribution >= 4 is 0 Å². The van der Waals surface area contributed by atoms with Crippen molar-refractivity contribution in [2.75, 3.05) is 7.05 Å². The van der Waals surface area contributed by atoms with Crippen molar-refractivity contribution < 1.29 is 5.11 Å². The fraction of sp³-hybridized carbons (Fsp3) is 0.647. The summed E-state index contributed by atoms with van der Waals surface area (Å²) in [4.78, 5) is 2.33. The van der Waals surface area contributed by atoms with Gasteiger partial charge in [-0.1, -0.05) is 44.5 Å². The lowest BCUT2D eigenvalue weighted by Gasteiger charge is -2.44. The van der Waals surface area contributed by atoms with E-state index in [1.165, 1.54) is 17.5 Å². The van der Waals surface area contributed by atoms with Gasteiger partial charge in [-0.25, -0.2) is 0 Å². The first-order valence-corrected chi connectivity index (χ1v) is 7.34. The average Bonchev–Trinajstić information content (AvgIpc) is 2.35. The van der Waals surface area contributed by atoms with E-state index in [0.717, 1.165) is 19.4 Å². The Bertz CT molecular complexity index is 427. The van der Waals surface area contributed by atoms with Crippen molar-refractivity contribution in [3.05, 3.63) is 35.4 Å². The smallest absolute Gasteiger partial charge is 0.0746 e. The summed E-state index contributed by atoms with van der Waals surface area (Å²) in [5.41, 5.74) is 2.74. The van der Waals surface area contributed by atoms with Crippen molar-refractivity contribution in [3.8, 4) is 0 Å². The molecule has 0 spiro atoms. The summed E-state index contributed by atoms with van der Waals surface area (Å²) in [7, 11) is 2.14. The third-order valence-corrected chi connectivity index (χ3v) is 4.73. The molecule has 0 bridgehead atoms. The number of rotatable bonds is 3. The molecular weight excluding hydrogens is 234 g/mol. The van der Waals surface area contributed by atoms with Crippen LogP contribution in [0.5, 0.6) is 0 Å². The zero-order valence-electron chi connectivity index (χ0n) is 12.7. The molecule has 19 heavy (non-hydrogen) atoms. The molecule has 0 saturated heterocycles. The molecule has 0 heterocycles. The van der Waals surface area contributed by atoms with Crippen LogP contribution in [0.1, 0.15) is 44.2 Å². The quantitative estimate of drug-likeness (QED) is 0.902. The molecule has 2 heteroatoms. The Morgan fingerprint density at radius 3 is 2.68 bits per heavy atom. The Morgan fingerprint density at radius 1 is 1.32 bits per heavy atom. The molecule has 0 aliphatic heterocycles. The highest BCUT2D eigenvalue weighted by Crippen LogP contribution is 2.37. The monoisotopic (exact) mass is 261 g/mol. The zero-order valence-corrected chi connectivity index (χ0v) is 12.7. The molecule has 1 fully saturated rings. The average molecular weight is 261 g/mol. The minimum atomic E-state index is -0.227. The van der Waals surface area contributed by atoms with E-state index in [1.807, 2.05) is 0 Å². The van der Waals surface area contributed by atoms with Crippen LogP contribution < -0.4 is 0 Å². The van der Waals surface area contributed by atoms with Crippen LogP contribution >= 0.6 is 0 Å².